The van der Waals surface area contributed by atoms with Crippen molar-refractivity contribution in [3.05, 3.63) is 11.9 Å². The number of hydrogen-bond donors (Lipinski definition) is 2. The molecule has 3 N–H and O–H groups in total. The summed E-state index contributed by atoms with van der Waals surface area (Å²) in [5, 5.41) is 3.29. The van der Waals surface area contributed by atoms with Crippen LogP contribution in [-0.4, -0.2) is 35.0 Å². The van der Waals surface area contributed by atoms with Gasteiger partial charge in [-0.3, -0.25) is 4.79 Å². The van der Waals surface area contributed by atoms with E-state index in [0.29, 0.717) is 12.6 Å². The second-order valence-corrected chi connectivity index (χ2v) is 5.76. The number of anilines is 2. The van der Waals surface area contributed by atoms with Crippen LogP contribution in [0.3, 0.4) is 0 Å². The van der Waals surface area contributed by atoms with Crippen LogP contribution in [0.25, 0.3) is 0 Å². The average Bonchev–Trinajstić information content (AvgIpc) is 2.44. The first-order valence-corrected chi connectivity index (χ1v) is 7.66. The highest BCUT2D eigenvalue weighted by Gasteiger charge is 2.29. The molecule has 6 heteroatoms. The summed E-state index contributed by atoms with van der Waals surface area (Å²) in [5.74, 6) is 2.14. The van der Waals surface area contributed by atoms with Gasteiger partial charge < -0.3 is 16.0 Å². The minimum atomic E-state index is -0.220. The van der Waals surface area contributed by atoms with Crippen molar-refractivity contribution in [1.29, 1.82) is 0 Å². The topological polar surface area (TPSA) is 84.1 Å². The molecule has 0 spiro atoms. The van der Waals surface area contributed by atoms with Crippen molar-refractivity contribution < 1.29 is 4.79 Å². The molecule has 1 saturated heterocycles. The van der Waals surface area contributed by atoms with Gasteiger partial charge in [-0.05, 0) is 33.1 Å². The molecular formula is C15H25N5O. The second-order valence-electron chi connectivity index (χ2n) is 5.76. The van der Waals surface area contributed by atoms with Gasteiger partial charge in [-0.1, -0.05) is 6.92 Å². The summed E-state index contributed by atoms with van der Waals surface area (Å²) in [6, 6.07) is 2.32. The summed E-state index contributed by atoms with van der Waals surface area (Å²) >= 11 is 0. The molecule has 1 aliphatic heterocycles. The van der Waals surface area contributed by atoms with Gasteiger partial charge in [0.2, 0.25) is 5.91 Å². The molecule has 0 aromatic carbocycles. The Bertz CT molecular complexity index is 505. The van der Waals surface area contributed by atoms with E-state index in [9.17, 15) is 4.79 Å². The fraction of sp³-hybridized carbons (Fsp3) is 0.667. The number of aryl methyl sites for hydroxylation is 1. The Balaban J connectivity index is 2.22. The van der Waals surface area contributed by atoms with E-state index in [1.165, 1.54) is 0 Å². The molecule has 2 atom stereocenters. The van der Waals surface area contributed by atoms with Crippen molar-refractivity contribution >= 4 is 17.5 Å². The minimum Gasteiger partial charge on any atom is -0.370 e. The zero-order valence-corrected chi connectivity index (χ0v) is 13.1. The molecule has 1 aliphatic rings. The van der Waals surface area contributed by atoms with E-state index < -0.39 is 0 Å². The number of aromatic nitrogens is 2. The maximum Gasteiger partial charge on any atom is 0.222 e. The maximum absolute atomic E-state index is 11.5. The highest BCUT2D eigenvalue weighted by atomic mass is 16.1. The standard InChI is InChI=1S/C15H25N5O/c1-4-7-17-13-8-14(19-11(3)18-13)20-9-12(15(16)21)6-5-10(20)2/h8,10,12H,4-7,9H2,1-3H3,(H2,16,21)(H,17,18,19). The monoisotopic (exact) mass is 291 g/mol. The van der Waals surface area contributed by atoms with Crippen molar-refractivity contribution in [2.45, 2.75) is 46.1 Å². The summed E-state index contributed by atoms with van der Waals surface area (Å²) < 4.78 is 0. The van der Waals surface area contributed by atoms with Gasteiger partial charge in [-0.2, -0.15) is 0 Å². The van der Waals surface area contributed by atoms with Gasteiger partial charge in [-0.15, -0.1) is 0 Å². The fourth-order valence-corrected chi connectivity index (χ4v) is 2.70. The van der Waals surface area contributed by atoms with Crippen molar-refractivity contribution in [2.24, 2.45) is 11.7 Å². The van der Waals surface area contributed by atoms with Gasteiger partial charge in [0.05, 0.1) is 5.92 Å². The molecule has 2 rings (SSSR count). The van der Waals surface area contributed by atoms with Crippen LogP contribution in [0.2, 0.25) is 0 Å². The van der Waals surface area contributed by atoms with E-state index in [4.69, 9.17) is 5.73 Å². The highest BCUT2D eigenvalue weighted by molar-refractivity contribution is 5.77. The second kappa shape index (κ2) is 6.74. The molecule has 116 valence electrons. The summed E-state index contributed by atoms with van der Waals surface area (Å²) in [7, 11) is 0. The van der Waals surface area contributed by atoms with Crippen LogP contribution in [0.5, 0.6) is 0 Å². The third-order valence-corrected chi connectivity index (χ3v) is 3.96. The van der Waals surface area contributed by atoms with Gasteiger partial charge in [-0.25, -0.2) is 9.97 Å². The molecule has 1 aromatic rings. The molecule has 2 unspecified atom stereocenters. The maximum atomic E-state index is 11.5. The van der Waals surface area contributed by atoms with Gasteiger partial charge in [0, 0.05) is 25.2 Å². The van der Waals surface area contributed by atoms with Crippen LogP contribution in [0, 0.1) is 12.8 Å². The van der Waals surface area contributed by atoms with Gasteiger partial charge in [0.1, 0.15) is 17.5 Å². The molecule has 0 radical (unpaired) electrons. The van der Waals surface area contributed by atoms with E-state index in [1.807, 2.05) is 13.0 Å². The lowest BCUT2D eigenvalue weighted by Crippen LogP contribution is -2.46. The normalized spacial score (nSPS) is 22.1. The Kier molecular flexibility index (Phi) is 4.98. The quantitative estimate of drug-likeness (QED) is 0.862. The van der Waals surface area contributed by atoms with E-state index in [1.54, 1.807) is 0 Å². The van der Waals surface area contributed by atoms with Gasteiger partial charge >= 0.3 is 0 Å². The fourth-order valence-electron chi connectivity index (χ4n) is 2.70. The molecule has 0 aliphatic carbocycles. The number of amides is 1. The smallest absolute Gasteiger partial charge is 0.222 e. The van der Waals surface area contributed by atoms with Gasteiger partial charge in [0.25, 0.3) is 0 Å². The van der Waals surface area contributed by atoms with Gasteiger partial charge in [0.15, 0.2) is 0 Å². The Morgan fingerprint density at radius 3 is 2.90 bits per heavy atom. The lowest BCUT2D eigenvalue weighted by atomic mass is 9.93. The van der Waals surface area contributed by atoms with Crippen LogP contribution in [0.4, 0.5) is 11.6 Å². The zero-order valence-electron chi connectivity index (χ0n) is 13.1. The average molecular weight is 291 g/mol. The van der Waals surface area contributed by atoms with Crippen LogP contribution < -0.4 is 16.0 Å². The van der Waals surface area contributed by atoms with Crippen molar-refractivity contribution in [3.8, 4) is 0 Å². The van der Waals surface area contributed by atoms with E-state index in [-0.39, 0.29) is 11.8 Å². The lowest BCUT2D eigenvalue weighted by molar-refractivity contribution is -0.122. The molecule has 1 fully saturated rings. The number of nitrogens with one attached hydrogen (secondary N) is 1. The minimum absolute atomic E-state index is 0.0940. The first-order chi connectivity index (χ1) is 10.0. The molecule has 1 aromatic heterocycles. The molecule has 0 bridgehead atoms. The predicted octanol–water partition coefficient (Wildman–Crippen LogP) is 1.70. The highest BCUT2D eigenvalue weighted by Crippen LogP contribution is 2.27. The number of rotatable bonds is 5. The van der Waals surface area contributed by atoms with Crippen LogP contribution in [0.1, 0.15) is 38.9 Å². The molecular weight excluding hydrogens is 266 g/mol. The summed E-state index contributed by atoms with van der Waals surface area (Å²) in [6.07, 6.45) is 2.86. The molecule has 2 heterocycles. The van der Waals surface area contributed by atoms with Crippen LogP contribution in [-0.2, 0) is 4.79 Å². The van der Waals surface area contributed by atoms with E-state index in [2.05, 4.69) is 34.0 Å². The predicted molar refractivity (Wildman–Crippen MR) is 84.3 cm³/mol. The number of nitrogens with zero attached hydrogens (tertiary/aromatic N) is 3. The van der Waals surface area contributed by atoms with Crippen LogP contribution >= 0.6 is 0 Å². The number of primary amides is 1. The Morgan fingerprint density at radius 2 is 2.24 bits per heavy atom. The Morgan fingerprint density at radius 1 is 1.48 bits per heavy atom. The Labute approximate surface area is 126 Å². The zero-order chi connectivity index (χ0) is 15.4. The summed E-state index contributed by atoms with van der Waals surface area (Å²) in [4.78, 5) is 22.6. The molecule has 0 saturated carbocycles. The van der Waals surface area contributed by atoms with Crippen molar-refractivity contribution in [2.75, 3.05) is 23.3 Å². The lowest BCUT2D eigenvalue weighted by Gasteiger charge is -2.37. The van der Waals surface area contributed by atoms with E-state index >= 15 is 0 Å². The SMILES string of the molecule is CCCNc1cc(N2CC(C(N)=O)CCC2C)nc(C)n1. The molecule has 21 heavy (non-hydrogen) atoms. The first-order valence-electron chi connectivity index (χ1n) is 7.66. The Hall–Kier alpha value is -1.85. The molecule has 6 nitrogen and oxygen atoms in total. The number of carbonyl (C=O) groups is 1. The number of hydrogen-bond acceptors (Lipinski definition) is 5. The van der Waals surface area contributed by atoms with Crippen molar-refractivity contribution in [3.63, 3.8) is 0 Å². The largest absolute Gasteiger partial charge is 0.370 e. The first kappa shape index (κ1) is 15.5. The molecule has 1 amide bonds. The number of nitrogens with two attached hydrogens (primary N) is 1. The van der Waals surface area contributed by atoms with Crippen molar-refractivity contribution in [1.82, 2.24) is 9.97 Å². The van der Waals surface area contributed by atoms with E-state index in [0.717, 1.165) is 43.3 Å². The number of carbonyl (C=O) groups excluding carboxylic acids is 1. The summed E-state index contributed by atoms with van der Waals surface area (Å²) in [5.41, 5.74) is 5.47. The third kappa shape index (κ3) is 3.83. The third-order valence-electron chi connectivity index (χ3n) is 3.96. The summed E-state index contributed by atoms with van der Waals surface area (Å²) in [6.45, 7) is 7.69. The number of piperidine rings is 1. The van der Waals surface area contributed by atoms with Crippen LogP contribution in [0.15, 0.2) is 6.07 Å².